The first-order valence-corrected chi connectivity index (χ1v) is 4.45. The normalized spacial score (nSPS) is 25.7. The van der Waals surface area contributed by atoms with E-state index in [4.69, 9.17) is 0 Å². The number of Topliss-reactive ketones (excluding diaryl/α,β-unsaturated/α-hetero) is 1. The molecule has 1 nitrogen and oxygen atoms in total. The fourth-order valence-electron chi connectivity index (χ4n) is 1.76. The first-order valence-electron chi connectivity index (χ1n) is 4.45. The number of benzene rings is 1. The quantitative estimate of drug-likeness (QED) is 0.680. The largest absolute Gasteiger partial charge is 0.300 e. The topological polar surface area (TPSA) is 17.1 Å². The van der Waals surface area contributed by atoms with Crippen LogP contribution in [-0.4, -0.2) is 5.78 Å². The van der Waals surface area contributed by atoms with E-state index in [-0.39, 0.29) is 23.4 Å². The van der Waals surface area contributed by atoms with Crippen molar-refractivity contribution in [3.63, 3.8) is 0 Å². The van der Waals surface area contributed by atoms with Crippen molar-refractivity contribution in [1.29, 1.82) is 0 Å². The Bertz CT molecular complexity index is 346. The summed E-state index contributed by atoms with van der Waals surface area (Å²) in [5.41, 5.74) is 0.697. The number of hydrogen-bond acceptors (Lipinski definition) is 1. The fourth-order valence-corrected chi connectivity index (χ4v) is 1.76. The highest BCUT2D eigenvalue weighted by atomic mass is 19.1. The standard InChI is InChI=1S/C11H11FO/c1-7(13)9-6-10(9)8-4-2-3-5-11(8)12/h2-5,9-10H,6H2,1H3/t9-,10?/m1/s1. The molecule has 1 fully saturated rings. The van der Waals surface area contributed by atoms with Gasteiger partial charge in [0.25, 0.3) is 0 Å². The van der Waals surface area contributed by atoms with Crippen LogP contribution in [0.1, 0.15) is 24.8 Å². The van der Waals surface area contributed by atoms with E-state index in [0.29, 0.717) is 5.56 Å². The van der Waals surface area contributed by atoms with E-state index in [1.54, 1.807) is 19.1 Å². The maximum absolute atomic E-state index is 13.2. The Morgan fingerprint density at radius 3 is 2.69 bits per heavy atom. The van der Waals surface area contributed by atoms with Gasteiger partial charge in [-0.2, -0.15) is 0 Å². The fraction of sp³-hybridized carbons (Fsp3) is 0.364. The number of hydrogen-bond donors (Lipinski definition) is 0. The summed E-state index contributed by atoms with van der Waals surface area (Å²) in [7, 11) is 0. The third-order valence-electron chi connectivity index (χ3n) is 2.62. The first-order chi connectivity index (χ1) is 6.20. The molecule has 0 heterocycles. The molecule has 0 N–H and O–H groups in total. The van der Waals surface area contributed by atoms with E-state index in [1.165, 1.54) is 6.07 Å². The molecule has 0 aromatic heterocycles. The van der Waals surface area contributed by atoms with Crippen molar-refractivity contribution < 1.29 is 9.18 Å². The second kappa shape index (κ2) is 2.95. The van der Waals surface area contributed by atoms with Crippen molar-refractivity contribution in [2.75, 3.05) is 0 Å². The summed E-state index contributed by atoms with van der Waals surface area (Å²) in [6.07, 6.45) is 0.816. The first kappa shape index (κ1) is 8.42. The Hall–Kier alpha value is -1.18. The molecular formula is C11H11FO. The molecule has 0 bridgehead atoms. The minimum Gasteiger partial charge on any atom is -0.300 e. The van der Waals surface area contributed by atoms with Crippen molar-refractivity contribution in [2.24, 2.45) is 5.92 Å². The third-order valence-corrected chi connectivity index (χ3v) is 2.62. The molecule has 0 spiro atoms. The molecule has 0 radical (unpaired) electrons. The highest BCUT2D eigenvalue weighted by Gasteiger charge is 2.42. The lowest BCUT2D eigenvalue weighted by molar-refractivity contribution is -0.118. The van der Waals surface area contributed by atoms with Gasteiger partial charge >= 0.3 is 0 Å². The van der Waals surface area contributed by atoms with E-state index >= 15 is 0 Å². The predicted octanol–water partition coefficient (Wildman–Crippen LogP) is 2.52. The number of ketones is 1. The SMILES string of the molecule is CC(=O)[C@H]1CC1c1ccccc1F. The predicted molar refractivity (Wildman–Crippen MR) is 47.9 cm³/mol. The van der Waals surface area contributed by atoms with Gasteiger partial charge < -0.3 is 0 Å². The Morgan fingerprint density at radius 2 is 2.15 bits per heavy atom. The summed E-state index contributed by atoms with van der Waals surface area (Å²) < 4.78 is 13.2. The lowest BCUT2D eigenvalue weighted by Crippen LogP contribution is -1.96. The second-order valence-electron chi connectivity index (χ2n) is 3.58. The van der Waals surface area contributed by atoms with Crippen LogP contribution in [0, 0.1) is 11.7 Å². The summed E-state index contributed by atoms with van der Waals surface area (Å²) >= 11 is 0. The summed E-state index contributed by atoms with van der Waals surface area (Å²) in [6, 6.07) is 6.70. The summed E-state index contributed by atoms with van der Waals surface area (Å²) in [4.78, 5) is 11.0. The van der Waals surface area contributed by atoms with Crippen LogP contribution in [0.25, 0.3) is 0 Å². The molecule has 1 aliphatic carbocycles. The van der Waals surface area contributed by atoms with Gasteiger partial charge in [-0.15, -0.1) is 0 Å². The van der Waals surface area contributed by atoms with Crippen molar-refractivity contribution >= 4 is 5.78 Å². The molecule has 68 valence electrons. The smallest absolute Gasteiger partial charge is 0.133 e. The maximum atomic E-state index is 13.2. The van der Waals surface area contributed by atoms with Crippen LogP contribution in [0.5, 0.6) is 0 Å². The van der Waals surface area contributed by atoms with E-state index < -0.39 is 0 Å². The Labute approximate surface area is 76.6 Å². The summed E-state index contributed by atoms with van der Waals surface area (Å²) in [5.74, 6) is 0.195. The van der Waals surface area contributed by atoms with Crippen LogP contribution in [0.2, 0.25) is 0 Å². The number of halogens is 1. The van der Waals surface area contributed by atoms with Crippen LogP contribution >= 0.6 is 0 Å². The van der Waals surface area contributed by atoms with Gasteiger partial charge in [-0.05, 0) is 30.9 Å². The van der Waals surface area contributed by atoms with Gasteiger partial charge in [0.1, 0.15) is 11.6 Å². The zero-order valence-electron chi connectivity index (χ0n) is 7.46. The van der Waals surface area contributed by atoms with Crippen LogP contribution in [0.4, 0.5) is 4.39 Å². The molecule has 0 amide bonds. The van der Waals surface area contributed by atoms with Crippen molar-refractivity contribution in [3.8, 4) is 0 Å². The zero-order chi connectivity index (χ0) is 9.42. The molecule has 1 aliphatic rings. The molecular weight excluding hydrogens is 167 g/mol. The average molecular weight is 178 g/mol. The van der Waals surface area contributed by atoms with Gasteiger partial charge in [-0.1, -0.05) is 18.2 Å². The van der Waals surface area contributed by atoms with Crippen molar-refractivity contribution in [1.82, 2.24) is 0 Å². The van der Waals surface area contributed by atoms with Crippen LogP contribution in [0.3, 0.4) is 0 Å². The van der Waals surface area contributed by atoms with Crippen LogP contribution < -0.4 is 0 Å². The molecule has 0 saturated heterocycles. The van der Waals surface area contributed by atoms with Gasteiger partial charge in [-0.3, -0.25) is 4.79 Å². The molecule has 2 heteroatoms. The van der Waals surface area contributed by atoms with Crippen molar-refractivity contribution in [2.45, 2.75) is 19.3 Å². The Balaban J connectivity index is 2.21. The van der Waals surface area contributed by atoms with Gasteiger partial charge in [0.15, 0.2) is 0 Å². The van der Waals surface area contributed by atoms with Crippen molar-refractivity contribution in [3.05, 3.63) is 35.6 Å². The van der Waals surface area contributed by atoms with Gasteiger partial charge in [-0.25, -0.2) is 4.39 Å². The summed E-state index contributed by atoms with van der Waals surface area (Å²) in [5, 5.41) is 0. The summed E-state index contributed by atoms with van der Waals surface area (Å²) in [6.45, 7) is 1.57. The number of rotatable bonds is 2. The minimum atomic E-state index is -0.184. The number of carbonyl (C=O) groups is 1. The van der Waals surface area contributed by atoms with Gasteiger partial charge in [0, 0.05) is 5.92 Å². The highest BCUT2D eigenvalue weighted by molar-refractivity contribution is 5.82. The molecule has 1 saturated carbocycles. The van der Waals surface area contributed by atoms with Crippen LogP contribution in [-0.2, 0) is 4.79 Å². The molecule has 2 rings (SSSR count). The lowest BCUT2D eigenvalue weighted by atomic mass is 10.1. The molecule has 1 aromatic carbocycles. The lowest BCUT2D eigenvalue weighted by Gasteiger charge is -1.99. The molecule has 1 unspecified atom stereocenters. The third kappa shape index (κ3) is 1.48. The zero-order valence-corrected chi connectivity index (χ0v) is 7.46. The Kier molecular flexibility index (Phi) is 1.91. The highest BCUT2D eigenvalue weighted by Crippen LogP contribution is 2.48. The molecule has 13 heavy (non-hydrogen) atoms. The van der Waals surface area contributed by atoms with E-state index in [0.717, 1.165) is 6.42 Å². The van der Waals surface area contributed by atoms with E-state index in [9.17, 15) is 9.18 Å². The van der Waals surface area contributed by atoms with E-state index in [2.05, 4.69) is 0 Å². The average Bonchev–Trinajstić information content (AvgIpc) is 2.84. The second-order valence-corrected chi connectivity index (χ2v) is 3.58. The number of carbonyl (C=O) groups excluding carboxylic acids is 1. The molecule has 2 atom stereocenters. The van der Waals surface area contributed by atoms with E-state index in [1.807, 2.05) is 6.07 Å². The van der Waals surface area contributed by atoms with Gasteiger partial charge in [0.2, 0.25) is 0 Å². The monoisotopic (exact) mass is 178 g/mol. The van der Waals surface area contributed by atoms with Gasteiger partial charge in [0.05, 0.1) is 0 Å². The van der Waals surface area contributed by atoms with Crippen LogP contribution in [0.15, 0.2) is 24.3 Å². The molecule has 0 aliphatic heterocycles. The maximum Gasteiger partial charge on any atom is 0.133 e. The molecule has 1 aromatic rings. The minimum absolute atomic E-state index is 0.0666. The Morgan fingerprint density at radius 1 is 1.46 bits per heavy atom.